The summed E-state index contributed by atoms with van der Waals surface area (Å²) in [6, 6.07) is 13.3. The van der Waals surface area contributed by atoms with E-state index in [0.717, 1.165) is 12.8 Å². The van der Waals surface area contributed by atoms with Crippen molar-refractivity contribution in [2.45, 2.75) is 39.0 Å². The summed E-state index contributed by atoms with van der Waals surface area (Å²) in [6.07, 6.45) is 1.62. The highest BCUT2D eigenvalue weighted by atomic mass is 19.1. The molecule has 0 saturated carbocycles. The number of halogens is 1. The number of anilines is 1. The van der Waals surface area contributed by atoms with Gasteiger partial charge in [-0.2, -0.15) is 0 Å². The summed E-state index contributed by atoms with van der Waals surface area (Å²) in [6.45, 7) is 8.23. The van der Waals surface area contributed by atoms with E-state index in [-0.39, 0.29) is 29.8 Å². The molecule has 2 aromatic carbocycles. The molecule has 172 valence electrons. The largest absolute Gasteiger partial charge is 0.484 e. The summed E-state index contributed by atoms with van der Waals surface area (Å²) >= 11 is 0. The van der Waals surface area contributed by atoms with E-state index in [1.54, 1.807) is 4.90 Å². The molecule has 1 fully saturated rings. The molecule has 0 atom stereocenters. The van der Waals surface area contributed by atoms with Gasteiger partial charge < -0.3 is 20.3 Å². The number of nitrogens with zero attached hydrogens (tertiary/aromatic N) is 1. The van der Waals surface area contributed by atoms with Crippen molar-refractivity contribution in [2.24, 2.45) is 5.92 Å². The molecule has 3 amide bonds. The van der Waals surface area contributed by atoms with Crippen LogP contribution in [0.2, 0.25) is 0 Å². The predicted molar refractivity (Wildman–Crippen MR) is 123 cm³/mol. The van der Waals surface area contributed by atoms with E-state index in [4.69, 9.17) is 4.74 Å². The number of nitrogens with one attached hydrogen (secondary N) is 2. The Morgan fingerprint density at radius 3 is 2.25 bits per heavy atom. The molecule has 1 aliphatic heterocycles. The maximum Gasteiger partial charge on any atom is 0.321 e. The third-order valence-electron chi connectivity index (χ3n) is 5.68. The molecule has 0 unspecified atom stereocenters. The van der Waals surface area contributed by atoms with Crippen LogP contribution in [0.1, 0.15) is 39.2 Å². The fourth-order valence-electron chi connectivity index (χ4n) is 3.59. The summed E-state index contributed by atoms with van der Waals surface area (Å²) < 4.78 is 18.6. The highest BCUT2D eigenvalue weighted by Crippen LogP contribution is 2.24. The average molecular weight is 442 g/mol. The van der Waals surface area contributed by atoms with Crippen LogP contribution in [0, 0.1) is 11.7 Å². The number of carbonyl (C=O) groups is 2. The van der Waals surface area contributed by atoms with E-state index < -0.39 is 0 Å². The number of amides is 3. The summed E-state index contributed by atoms with van der Waals surface area (Å²) in [7, 11) is 0. The van der Waals surface area contributed by atoms with Gasteiger partial charge in [-0.15, -0.1) is 0 Å². The zero-order valence-electron chi connectivity index (χ0n) is 19.0. The van der Waals surface area contributed by atoms with E-state index in [1.165, 1.54) is 29.8 Å². The molecular formula is C25H32FN3O3. The van der Waals surface area contributed by atoms with Crippen LogP contribution in [0.15, 0.2) is 48.5 Å². The normalized spacial score (nSPS) is 14.7. The van der Waals surface area contributed by atoms with Gasteiger partial charge in [0.2, 0.25) is 0 Å². The zero-order valence-corrected chi connectivity index (χ0v) is 19.0. The van der Waals surface area contributed by atoms with E-state index in [2.05, 4.69) is 31.4 Å². The molecule has 2 N–H and O–H groups in total. The summed E-state index contributed by atoms with van der Waals surface area (Å²) in [4.78, 5) is 26.2. The average Bonchev–Trinajstić information content (AvgIpc) is 2.78. The van der Waals surface area contributed by atoms with Crippen LogP contribution in [0.4, 0.5) is 14.9 Å². The number of ether oxygens (including phenoxy) is 1. The molecule has 0 bridgehead atoms. The second kappa shape index (κ2) is 10.5. The fraction of sp³-hybridized carbons (Fsp3) is 0.440. The van der Waals surface area contributed by atoms with Gasteiger partial charge in [0.25, 0.3) is 5.91 Å². The second-order valence-electron chi connectivity index (χ2n) is 9.23. The first-order valence-electron chi connectivity index (χ1n) is 11.0. The Morgan fingerprint density at radius 2 is 1.66 bits per heavy atom. The van der Waals surface area contributed by atoms with Crippen LogP contribution in [0.25, 0.3) is 0 Å². The topological polar surface area (TPSA) is 70.7 Å². The maximum absolute atomic E-state index is 13.0. The molecule has 0 spiro atoms. The molecule has 7 heteroatoms. The minimum absolute atomic E-state index is 0.0201. The third kappa shape index (κ3) is 6.97. The van der Waals surface area contributed by atoms with E-state index in [0.29, 0.717) is 37.0 Å². The third-order valence-corrected chi connectivity index (χ3v) is 5.68. The van der Waals surface area contributed by atoms with Gasteiger partial charge in [0.05, 0.1) is 0 Å². The number of likely N-dealkylation sites (tertiary alicyclic amines) is 1. The van der Waals surface area contributed by atoms with Crippen LogP contribution >= 0.6 is 0 Å². The number of hydrogen-bond donors (Lipinski definition) is 2. The van der Waals surface area contributed by atoms with Crippen LogP contribution in [0.5, 0.6) is 5.75 Å². The van der Waals surface area contributed by atoms with E-state index >= 15 is 0 Å². The van der Waals surface area contributed by atoms with Crippen molar-refractivity contribution in [3.63, 3.8) is 0 Å². The van der Waals surface area contributed by atoms with Gasteiger partial charge in [-0.1, -0.05) is 32.9 Å². The smallest absolute Gasteiger partial charge is 0.321 e. The Balaban J connectivity index is 1.34. The molecular weight excluding hydrogens is 409 g/mol. The Kier molecular flexibility index (Phi) is 7.72. The van der Waals surface area contributed by atoms with Crippen molar-refractivity contribution < 1.29 is 18.7 Å². The van der Waals surface area contributed by atoms with Crippen molar-refractivity contribution in [3.05, 3.63) is 59.9 Å². The summed E-state index contributed by atoms with van der Waals surface area (Å²) in [5.74, 6) is 0.504. The standard InChI is InChI=1S/C25H32FN3O3/c1-25(2,3)19-4-10-22(11-5-19)32-17-23(30)27-16-18-12-14-29(15-13-18)24(31)28-21-8-6-20(26)7-9-21/h4-11,18H,12-17H2,1-3H3,(H,27,30)(H,28,31). The molecule has 2 aromatic rings. The number of piperidine rings is 1. The van der Waals surface area contributed by atoms with Gasteiger partial charge in [-0.25, -0.2) is 9.18 Å². The van der Waals surface area contributed by atoms with Crippen LogP contribution < -0.4 is 15.4 Å². The van der Waals surface area contributed by atoms with Gasteiger partial charge in [0, 0.05) is 25.3 Å². The number of carbonyl (C=O) groups excluding carboxylic acids is 2. The summed E-state index contributed by atoms with van der Waals surface area (Å²) in [5, 5.41) is 5.71. The molecule has 1 aliphatic rings. The quantitative estimate of drug-likeness (QED) is 0.690. The van der Waals surface area contributed by atoms with Crippen molar-refractivity contribution in [1.82, 2.24) is 10.2 Å². The Hall–Kier alpha value is -3.09. The van der Waals surface area contributed by atoms with Gasteiger partial charge in [0.1, 0.15) is 11.6 Å². The van der Waals surface area contributed by atoms with Crippen molar-refractivity contribution in [1.29, 1.82) is 0 Å². The molecule has 0 aromatic heterocycles. The highest BCUT2D eigenvalue weighted by Gasteiger charge is 2.23. The fourth-order valence-corrected chi connectivity index (χ4v) is 3.59. The number of rotatable bonds is 6. The minimum Gasteiger partial charge on any atom is -0.484 e. The number of benzene rings is 2. The lowest BCUT2D eigenvalue weighted by molar-refractivity contribution is -0.123. The zero-order chi connectivity index (χ0) is 23.1. The van der Waals surface area contributed by atoms with E-state index in [1.807, 2.05) is 24.3 Å². The second-order valence-corrected chi connectivity index (χ2v) is 9.23. The minimum atomic E-state index is -0.338. The Bertz CT molecular complexity index is 900. The monoisotopic (exact) mass is 441 g/mol. The highest BCUT2D eigenvalue weighted by molar-refractivity contribution is 5.89. The lowest BCUT2D eigenvalue weighted by Gasteiger charge is -2.32. The maximum atomic E-state index is 13.0. The van der Waals surface area contributed by atoms with Gasteiger partial charge >= 0.3 is 6.03 Å². The molecule has 0 radical (unpaired) electrons. The molecule has 0 aliphatic carbocycles. The molecule has 6 nitrogen and oxygen atoms in total. The van der Waals surface area contributed by atoms with Crippen molar-refractivity contribution in [3.8, 4) is 5.75 Å². The first-order valence-corrected chi connectivity index (χ1v) is 11.0. The lowest BCUT2D eigenvalue weighted by Crippen LogP contribution is -2.43. The SMILES string of the molecule is CC(C)(C)c1ccc(OCC(=O)NCC2CCN(C(=O)Nc3ccc(F)cc3)CC2)cc1. The predicted octanol–water partition coefficient (Wildman–Crippen LogP) is 4.56. The Morgan fingerprint density at radius 1 is 1.03 bits per heavy atom. The molecule has 1 saturated heterocycles. The molecule has 32 heavy (non-hydrogen) atoms. The first kappa shape index (κ1) is 23.6. The Labute approximate surface area is 189 Å². The lowest BCUT2D eigenvalue weighted by atomic mass is 9.87. The van der Waals surface area contributed by atoms with Crippen LogP contribution in [0.3, 0.4) is 0 Å². The first-order chi connectivity index (χ1) is 15.2. The van der Waals surface area contributed by atoms with Crippen LogP contribution in [-0.2, 0) is 10.2 Å². The van der Waals surface area contributed by atoms with E-state index in [9.17, 15) is 14.0 Å². The van der Waals surface area contributed by atoms with Gasteiger partial charge in [0.15, 0.2) is 6.61 Å². The van der Waals surface area contributed by atoms with Crippen molar-refractivity contribution in [2.75, 3.05) is 31.6 Å². The number of hydrogen-bond acceptors (Lipinski definition) is 3. The van der Waals surface area contributed by atoms with Crippen molar-refractivity contribution >= 4 is 17.6 Å². The number of urea groups is 1. The molecule has 3 rings (SSSR count). The van der Waals surface area contributed by atoms with Gasteiger partial charge in [-0.3, -0.25) is 4.79 Å². The molecule has 1 heterocycles. The summed E-state index contributed by atoms with van der Waals surface area (Å²) in [5.41, 5.74) is 1.86. The van der Waals surface area contributed by atoms with Gasteiger partial charge in [-0.05, 0) is 66.1 Å². The van der Waals surface area contributed by atoms with Crippen LogP contribution in [-0.4, -0.2) is 43.1 Å².